The Labute approximate surface area is 199 Å². The van der Waals surface area contributed by atoms with Crippen LogP contribution in [0.1, 0.15) is 36.5 Å². The first-order valence-electron chi connectivity index (χ1n) is 11.6. The van der Waals surface area contributed by atoms with Crippen LogP contribution < -0.4 is 14.2 Å². The van der Waals surface area contributed by atoms with Gasteiger partial charge in [-0.25, -0.2) is 4.39 Å². The van der Waals surface area contributed by atoms with Crippen LogP contribution in [-0.2, 0) is 29.0 Å². The van der Waals surface area contributed by atoms with Crippen molar-refractivity contribution < 1.29 is 28.1 Å². The Balaban J connectivity index is 1.29. The summed E-state index contributed by atoms with van der Waals surface area (Å²) in [6, 6.07) is 20.7. The highest BCUT2D eigenvalue weighted by Crippen LogP contribution is 2.32. The fraction of sp³-hybridized carbons (Fsp3) is 0.321. The van der Waals surface area contributed by atoms with Crippen LogP contribution in [0, 0.1) is 5.82 Å². The van der Waals surface area contributed by atoms with Gasteiger partial charge in [0.15, 0.2) is 0 Å². The van der Waals surface area contributed by atoms with Gasteiger partial charge in [-0.05, 0) is 55.0 Å². The van der Waals surface area contributed by atoms with E-state index in [0.717, 1.165) is 35.5 Å². The minimum Gasteiger partial charge on any atom is -0.490 e. The van der Waals surface area contributed by atoms with Crippen LogP contribution in [0.4, 0.5) is 4.39 Å². The van der Waals surface area contributed by atoms with Gasteiger partial charge < -0.3 is 18.9 Å². The largest absolute Gasteiger partial charge is 0.490 e. The number of carbonyl (C=O) groups excluding carboxylic acids is 1. The Kier molecular flexibility index (Phi) is 8.02. The summed E-state index contributed by atoms with van der Waals surface area (Å²) in [4.78, 5) is 11.5. The molecule has 178 valence electrons. The minimum atomic E-state index is -0.392. The van der Waals surface area contributed by atoms with Gasteiger partial charge in [0.1, 0.15) is 42.4 Å². The van der Waals surface area contributed by atoms with Gasteiger partial charge in [0.25, 0.3) is 0 Å². The average molecular weight is 465 g/mol. The number of benzene rings is 3. The summed E-state index contributed by atoms with van der Waals surface area (Å²) in [7, 11) is 0. The molecule has 0 radical (unpaired) electrons. The highest BCUT2D eigenvalue weighted by atomic mass is 19.1. The van der Waals surface area contributed by atoms with Gasteiger partial charge in [-0.2, -0.15) is 0 Å². The average Bonchev–Trinajstić information content (AvgIpc) is 2.86. The molecule has 3 aromatic rings. The molecule has 0 amide bonds. The van der Waals surface area contributed by atoms with Crippen LogP contribution in [0.3, 0.4) is 0 Å². The maximum Gasteiger partial charge on any atom is 0.306 e. The molecule has 1 aliphatic rings. The van der Waals surface area contributed by atoms with Crippen molar-refractivity contribution in [2.75, 3.05) is 13.2 Å². The van der Waals surface area contributed by atoms with E-state index in [-0.39, 0.29) is 18.5 Å². The van der Waals surface area contributed by atoms with Crippen molar-refractivity contribution in [3.63, 3.8) is 0 Å². The Bertz CT molecular complexity index is 1100. The van der Waals surface area contributed by atoms with Crippen LogP contribution in [-0.4, -0.2) is 25.3 Å². The predicted octanol–water partition coefficient (Wildman–Crippen LogP) is 5.67. The normalized spacial score (nSPS) is 14.6. The van der Waals surface area contributed by atoms with E-state index in [4.69, 9.17) is 18.9 Å². The Morgan fingerprint density at radius 3 is 2.62 bits per heavy atom. The first-order chi connectivity index (χ1) is 16.6. The molecule has 34 heavy (non-hydrogen) atoms. The molecule has 0 aromatic heterocycles. The number of aryl methyl sites for hydroxylation is 2. The number of ether oxygens (including phenoxy) is 4. The van der Waals surface area contributed by atoms with Crippen LogP contribution in [0.25, 0.3) is 0 Å². The smallest absolute Gasteiger partial charge is 0.306 e. The second kappa shape index (κ2) is 11.5. The highest BCUT2D eigenvalue weighted by Gasteiger charge is 2.21. The van der Waals surface area contributed by atoms with E-state index >= 15 is 0 Å². The van der Waals surface area contributed by atoms with Crippen LogP contribution in [0.5, 0.6) is 17.2 Å². The molecule has 0 saturated carbocycles. The van der Waals surface area contributed by atoms with E-state index < -0.39 is 5.82 Å². The van der Waals surface area contributed by atoms with Crippen LogP contribution >= 0.6 is 0 Å². The van der Waals surface area contributed by atoms with Crippen molar-refractivity contribution in [1.82, 2.24) is 0 Å². The lowest BCUT2D eigenvalue weighted by atomic mass is 10.0. The summed E-state index contributed by atoms with van der Waals surface area (Å²) < 4.78 is 37.2. The number of rotatable bonds is 10. The summed E-state index contributed by atoms with van der Waals surface area (Å²) in [5.74, 6) is 1.27. The molecule has 0 saturated heterocycles. The van der Waals surface area contributed by atoms with E-state index in [0.29, 0.717) is 37.6 Å². The van der Waals surface area contributed by atoms with E-state index in [9.17, 15) is 9.18 Å². The molecule has 1 aliphatic heterocycles. The molecule has 1 atom stereocenters. The lowest BCUT2D eigenvalue weighted by Crippen LogP contribution is -2.29. The number of halogens is 1. The van der Waals surface area contributed by atoms with Gasteiger partial charge in [-0.1, -0.05) is 42.5 Å². The highest BCUT2D eigenvalue weighted by molar-refractivity contribution is 5.69. The van der Waals surface area contributed by atoms with E-state index in [1.165, 1.54) is 6.07 Å². The molecule has 4 rings (SSSR count). The third-order valence-corrected chi connectivity index (χ3v) is 5.68. The zero-order chi connectivity index (χ0) is 23.8. The molecule has 6 heteroatoms. The van der Waals surface area contributed by atoms with Crippen molar-refractivity contribution in [2.24, 2.45) is 0 Å². The lowest BCUT2D eigenvalue weighted by molar-refractivity contribution is -0.143. The minimum absolute atomic E-state index is 0.136. The second-order valence-electron chi connectivity index (χ2n) is 8.19. The molecule has 0 bridgehead atoms. The van der Waals surface area contributed by atoms with E-state index in [1.807, 2.05) is 48.5 Å². The molecule has 1 heterocycles. The first kappa shape index (κ1) is 23.6. The van der Waals surface area contributed by atoms with Crippen molar-refractivity contribution in [2.45, 2.75) is 45.3 Å². The zero-order valence-electron chi connectivity index (χ0n) is 19.3. The number of esters is 1. The fourth-order valence-electron chi connectivity index (χ4n) is 3.83. The molecule has 5 nitrogen and oxygen atoms in total. The van der Waals surface area contributed by atoms with Gasteiger partial charge in [0, 0.05) is 18.6 Å². The molecule has 0 spiro atoms. The molecule has 0 fully saturated rings. The number of carbonyl (C=O) groups is 1. The van der Waals surface area contributed by atoms with Crippen molar-refractivity contribution in [3.8, 4) is 17.2 Å². The standard InChI is InChI=1S/C28H29FO5/c1-2-31-28(30)15-11-21-8-12-23(16-26(21)29)33-19-25-14-10-22-9-13-24(17-27(22)34-25)32-18-20-6-4-3-5-7-20/h3-9,12-13,16-17,25H,2,10-11,14-15,18-19H2,1H3. The summed E-state index contributed by atoms with van der Waals surface area (Å²) in [6.45, 7) is 2.88. The maximum absolute atomic E-state index is 14.4. The summed E-state index contributed by atoms with van der Waals surface area (Å²) >= 11 is 0. The number of fused-ring (bicyclic) bond motifs is 1. The Morgan fingerprint density at radius 2 is 1.82 bits per heavy atom. The first-order valence-corrected chi connectivity index (χ1v) is 11.6. The Hall–Kier alpha value is -3.54. The summed E-state index contributed by atoms with van der Waals surface area (Å²) in [5.41, 5.74) is 2.71. The van der Waals surface area contributed by atoms with Gasteiger partial charge in [-0.15, -0.1) is 0 Å². The van der Waals surface area contributed by atoms with Crippen molar-refractivity contribution in [3.05, 3.63) is 89.2 Å². The molecular weight excluding hydrogens is 435 g/mol. The van der Waals surface area contributed by atoms with E-state index in [2.05, 4.69) is 0 Å². The fourth-order valence-corrected chi connectivity index (χ4v) is 3.83. The monoisotopic (exact) mass is 464 g/mol. The van der Waals surface area contributed by atoms with Crippen molar-refractivity contribution in [1.29, 1.82) is 0 Å². The molecule has 3 aromatic carbocycles. The lowest BCUT2D eigenvalue weighted by Gasteiger charge is -2.26. The quantitative estimate of drug-likeness (QED) is 0.362. The molecule has 0 aliphatic carbocycles. The molecule has 1 unspecified atom stereocenters. The predicted molar refractivity (Wildman–Crippen MR) is 127 cm³/mol. The second-order valence-corrected chi connectivity index (χ2v) is 8.19. The zero-order valence-corrected chi connectivity index (χ0v) is 19.3. The van der Waals surface area contributed by atoms with Gasteiger partial charge in [-0.3, -0.25) is 4.79 Å². The van der Waals surface area contributed by atoms with Gasteiger partial charge in [0.05, 0.1) is 6.61 Å². The third kappa shape index (κ3) is 6.50. The van der Waals surface area contributed by atoms with Gasteiger partial charge in [0.2, 0.25) is 0 Å². The number of hydrogen-bond acceptors (Lipinski definition) is 5. The topological polar surface area (TPSA) is 54.0 Å². The van der Waals surface area contributed by atoms with Crippen LogP contribution in [0.15, 0.2) is 66.7 Å². The maximum atomic E-state index is 14.4. The SMILES string of the molecule is CCOC(=O)CCc1ccc(OCC2CCc3ccc(OCc4ccccc4)cc3O2)cc1F. The van der Waals surface area contributed by atoms with Gasteiger partial charge >= 0.3 is 5.97 Å². The molecular formula is C28H29FO5. The Morgan fingerprint density at radius 1 is 1.03 bits per heavy atom. The van der Waals surface area contributed by atoms with E-state index in [1.54, 1.807) is 19.1 Å². The van der Waals surface area contributed by atoms with Crippen LogP contribution in [0.2, 0.25) is 0 Å². The third-order valence-electron chi connectivity index (χ3n) is 5.68. The van der Waals surface area contributed by atoms with Crippen molar-refractivity contribution >= 4 is 5.97 Å². The summed E-state index contributed by atoms with van der Waals surface area (Å²) in [6.07, 6.45) is 2.00. The number of hydrogen-bond donors (Lipinski definition) is 0. The summed E-state index contributed by atoms with van der Waals surface area (Å²) in [5, 5.41) is 0. The molecule has 0 N–H and O–H groups in total.